The molecule has 1 saturated heterocycles. The Morgan fingerprint density at radius 1 is 1.47 bits per heavy atom. The summed E-state index contributed by atoms with van der Waals surface area (Å²) in [6.07, 6.45) is 2.03. The number of carbonyl (C=O) groups is 1. The van der Waals surface area contributed by atoms with E-state index in [9.17, 15) is 9.90 Å². The minimum absolute atomic E-state index is 0.319. The first-order chi connectivity index (χ1) is 9.11. The predicted molar refractivity (Wildman–Crippen MR) is 74.6 cm³/mol. The van der Waals surface area contributed by atoms with Gasteiger partial charge in [-0.25, -0.2) is 4.79 Å². The monoisotopic (exact) mass is 264 g/mol. The molecule has 0 saturated carbocycles. The van der Waals surface area contributed by atoms with Gasteiger partial charge >= 0.3 is 5.97 Å². The highest BCUT2D eigenvalue weighted by molar-refractivity contribution is 5.95. The second-order valence-electron chi connectivity index (χ2n) is 4.97. The number of carboxylic acids is 1. The maximum absolute atomic E-state index is 11.3. The minimum atomic E-state index is -0.908. The number of hydrogen-bond donors (Lipinski definition) is 2. The van der Waals surface area contributed by atoms with E-state index in [4.69, 9.17) is 10.5 Å². The van der Waals surface area contributed by atoms with Gasteiger partial charge in [0.15, 0.2) is 0 Å². The van der Waals surface area contributed by atoms with Crippen LogP contribution in [0.15, 0.2) is 18.2 Å². The molecule has 1 aromatic rings. The van der Waals surface area contributed by atoms with E-state index >= 15 is 0 Å². The number of ether oxygens (including phenoxy) is 1. The maximum Gasteiger partial charge on any atom is 0.337 e. The van der Waals surface area contributed by atoms with Crippen LogP contribution >= 0.6 is 0 Å². The second-order valence-corrected chi connectivity index (χ2v) is 4.97. The fourth-order valence-electron chi connectivity index (χ4n) is 2.57. The molecule has 1 heterocycles. The van der Waals surface area contributed by atoms with Crippen LogP contribution in [0.2, 0.25) is 0 Å². The van der Waals surface area contributed by atoms with E-state index in [2.05, 4.69) is 4.90 Å². The molecule has 0 aromatic heterocycles. The summed E-state index contributed by atoms with van der Waals surface area (Å²) in [5.41, 5.74) is 7.41. The second kappa shape index (κ2) is 5.93. The molecule has 1 aliphatic rings. The highest BCUT2D eigenvalue weighted by Crippen LogP contribution is 2.28. The molecule has 0 radical (unpaired) electrons. The Labute approximate surface area is 113 Å². The third kappa shape index (κ3) is 3.17. The number of aromatic carboxylic acids is 1. The van der Waals surface area contributed by atoms with Crippen LogP contribution in [0.5, 0.6) is 0 Å². The molecule has 2 rings (SSSR count). The third-order valence-corrected chi connectivity index (χ3v) is 3.61. The van der Waals surface area contributed by atoms with Crippen LogP contribution in [-0.2, 0) is 4.74 Å². The molecule has 1 aliphatic heterocycles. The third-order valence-electron chi connectivity index (χ3n) is 3.61. The van der Waals surface area contributed by atoms with Crippen LogP contribution < -0.4 is 10.6 Å². The summed E-state index contributed by atoms with van der Waals surface area (Å²) in [4.78, 5) is 13.4. The van der Waals surface area contributed by atoms with Gasteiger partial charge < -0.3 is 20.5 Å². The lowest BCUT2D eigenvalue weighted by Crippen LogP contribution is -2.35. The van der Waals surface area contributed by atoms with Crippen molar-refractivity contribution in [1.29, 1.82) is 0 Å². The Morgan fingerprint density at radius 2 is 2.16 bits per heavy atom. The molecule has 3 N–H and O–H groups in total. The lowest BCUT2D eigenvalue weighted by atomic mass is 9.96. The summed E-state index contributed by atoms with van der Waals surface area (Å²) in [6, 6.07) is 4.96. The van der Waals surface area contributed by atoms with Gasteiger partial charge in [-0.1, -0.05) is 0 Å². The van der Waals surface area contributed by atoms with Crippen molar-refractivity contribution in [3.8, 4) is 0 Å². The number of methoxy groups -OCH3 is 1. The summed E-state index contributed by atoms with van der Waals surface area (Å²) >= 11 is 0. The zero-order valence-corrected chi connectivity index (χ0v) is 11.1. The Balaban J connectivity index is 2.14. The van der Waals surface area contributed by atoms with E-state index < -0.39 is 5.97 Å². The number of nitrogen functional groups attached to an aromatic ring is 1. The SMILES string of the molecule is COCC1CCN(c2cc(N)ccc2C(=O)O)CC1. The summed E-state index contributed by atoms with van der Waals surface area (Å²) in [7, 11) is 1.72. The molecule has 0 aliphatic carbocycles. The molecule has 5 heteroatoms. The number of nitrogens with two attached hydrogens (primary N) is 1. The molecule has 1 fully saturated rings. The van der Waals surface area contributed by atoms with Crippen molar-refractivity contribution < 1.29 is 14.6 Å². The molecule has 0 atom stereocenters. The quantitative estimate of drug-likeness (QED) is 0.811. The largest absolute Gasteiger partial charge is 0.478 e. The zero-order chi connectivity index (χ0) is 13.8. The van der Waals surface area contributed by atoms with Gasteiger partial charge in [0.1, 0.15) is 0 Å². The van der Waals surface area contributed by atoms with E-state index in [0.717, 1.165) is 38.2 Å². The highest BCUT2D eigenvalue weighted by Gasteiger charge is 2.22. The Kier molecular flexibility index (Phi) is 4.27. The zero-order valence-electron chi connectivity index (χ0n) is 11.1. The topological polar surface area (TPSA) is 75.8 Å². The first kappa shape index (κ1) is 13.7. The van der Waals surface area contributed by atoms with Crippen molar-refractivity contribution in [3.05, 3.63) is 23.8 Å². The molecule has 5 nitrogen and oxygen atoms in total. The Hall–Kier alpha value is -1.75. The number of piperidine rings is 1. The van der Waals surface area contributed by atoms with Crippen molar-refractivity contribution in [2.45, 2.75) is 12.8 Å². The van der Waals surface area contributed by atoms with Crippen LogP contribution in [0.3, 0.4) is 0 Å². The van der Waals surface area contributed by atoms with Crippen molar-refractivity contribution in [1.82, 2.24) is 0 Å². The van der Waals surface area contributed by atoms with Gasteiger partial charge in [-0.3, -0.25) is 0 Å². The molecule has 1 aromatic carbocycles. The molecular weight excluding hydrogens is 244 g/mol. The van der Waals surface area contributed by atoms with E-state index in [1.807, 2.05) is 0 Å². The number of carboxylic acid groups (broad SMARTS) is 1. The Bertz CT molecular complexity index is 454. The van der Waals surface area contributed by atoms with Gasteiger partial charge in [0.25, 0.3) is 0 Å². The molecule has 0 amide bonds. The average Bonchev–Trinajstić information content (AvgIpc) is 2.39. The lowest BCUT2D eigenvalue weighted by Gasteiger charge is -2.34. The fourth-order valence-corrected chi connectivity index (χ4v) is 2.57. The van der Waals surface area contributed by atoms with Gasteiger partial charge in [-0.05, 0) is 37.0 Å². The van der Waals surface area contributed by atoms with Crippen LogP contribution in [-0.4, -0.2) is 37.9 Å². The van der Waals surface area contributed by atoms with Crippen molar-refractivity contribution in [3.63, 3.8) is 0 Å². The van der Waals surface area contributed by atoms with Crippen LogP contribution in [0.4, 0.5) is 11.4 Å². The van der Waals surface area contributed by atoms with Gasteiger partial charge in [-0.15, -0.1) is 0 Å². The molecular formula is C14H20N2O3. The number of rotatable bonds is 4. The number of hydrogen-bond acceptors (Lipinski definition) is 4. The van der Waals surface area contributed by atoms with Gasteiger partial charge in [0.2, 0.25) is 0 Å². The highest BCUT2D eigenvalue weighted by atomic mass is 16.5. The first-order valence-electron chi connectivity index (χ1n) is 6.48. The summed E-state index contributed by atoms with van der Waals surface area (Å²) < 4.78 is 5.17. The molecule has 0 spiro atoms. The van der Waals surface area contributed by atoms with Gasteiger partial charge in [0, 0.05) is 32.5 Å². The predicted octanol–water partition coefficient (Wildman–Crippen LogP) is 1.83. The van der Waals surface area contributed by atoms with E-state index in [0.29, 0.717) is 17.2 Å². The Morgan fingerprint density at radius 3 is 2.74 bits per heavy atom. The number of anilines is 2. The van der Waals surface area contributed by atoms with E-state index in [1.54, 1.807) is 25.3 Å². The van der Waals surface area contributed by atoms with Crippen molar-refractivity contribution >= 4 is 17.3 Å². The number of benzene rings is 1. The minimum Gasteiger partial charge on any atom is -0.478 e. The smallest absolute Gasteiger partial charge is 0.337 e. The van der Waals surface area contributed by atoms with E-state index in [-0.39, 0.29) is 0 Å². The van der Waals surface area contributed by atoms with Gasteiger partial charge in [0.05, 0.1) is 11.3 Å². The fraction of sp³-hybridized carbons (Fsp3) is 0.500. The van der Waals surface area contributed by atoms with E-state index in [1.165, 1.54) is 0 Å². The molecule has 104 valence electrons. The molecule has 0 unspecified atom stereocenters. The lowest BCUT2D eigenvalue weighted by molar-refractivity contribution is 0.0697. The number of nitrogens with zero attached hydrogens (tertiary/aromatic N) is 1. The molecule has 0 bridgehead atoms. The standard InChI is InChI=1S/C14H20N2O3/c1-19-9-10-4-6-16(7-5-10)13-8-11(15)2-3-12(13)14(17)18/h2-3,8,10H,4-7,9,15H2,1H3,(H,17,18). The first-order valence-corrected chi connectivity index (χ1v) is 6.48. The van der Waals surface area contributed by atoms with Crippen molar-refractivity contribution in [2.24, 2.45) is 5.92 Å². The van der Waals surface area contributed by atoms with Crippen LogP contribution in [0.25, 0.3) is 0 Å². The summed E-state index contributed by atoms with van der Waals surface area (Å²) in [5, 5.41) is 9.24. The summed E-state index contributed by atoms with van der Waals surface area (Å²) in [5.74, 6) is -0.343. The van der Waals surface area contributed by atoms with Crippen LogP contribution in [0.1, 0.15) is 23.2 Å². The van der Waals surface area contributed by atoms with Crippen LogP contribution in [0, 0.1) is 5.92 Å². The average molecular weight is 264 g/mol. The maximum atomic E-state index is 11.3. The summed E-state index contributed by atoms with van der Waals surface area (Å²) in [6.45, 7) is 2.46. The molecule has 19 heavy (non-hydrogen) atoms. The van der Waals surface area contributed by atoms with Crippen molar-refractivity contribution in [2.75, 3.05) is 37.4 Å². The van der Waals surface area contributed by atoms with Gasteiger partial charge in [-0.2, -0.15) is 0 Å². The normalized spacial score (nSPS) is 16.6.